The average Bonchev–Trinajstić information content (AvgIpc) is 3.34. The third-order valence-corrected chi connectivity index (χ3v) is 6.10. The van der Waals surface area contributed by atoms with Crippen LogP contribution in [0.3, 0.4) is 0 Å². The minimum Gasteiger partial charge on any atom is -0.485 e. The fourth-order valence-electron chi connectivity index (χ4n) is 3.17. The van der Waals surface area contributed by atoms with E-state index < -0.39 is 0 Å². The molecule has 0 fully saturated rings. The number of carbonyl (C=O) groups excluding carboxylic acids is 1. The van der Waals surface area contributed by atoms with Crippen LogP contribution < -0.4 is 19.5 Å². The lowest BCUT2D eigenvalue weighted by atomic mass is 10.1. The lowest BCUT2D eigenvalue weighted by Gasteiger charge is -2.13. The zero-order valence-electron chi connectivity index (χ0n) is 17.8. The number of rotatable bonds is 7. The number of carbonyl (C=O) groups is 1. The van der Waals surface area contributed by atoms with Crippen molar-refractivity contribution in [2.24, 2.45) is 7.05 Å². The van der Waals surface area contributed by atoms with Crippen molar-refractivity contribution in [3.8, 4) is 17.2 Å². The van der Waals surface area contributed by atoms with E-state index in [0.29, 0.717) is 34.8 Å². The van der Waals surface area contributed by atoms with Crippen molar-refractivity contribution in [2.45, 2.75) is 37.8 Å². The molecule has 0 aliphatic carbocycles. The first-order valence-electron chi connectivity index (χ1n) is 9.87. The largest absolute Gasteiger partial charge is 0.485 e. The summed E-state index contributed by atoms with van der Waals surface area (Å²) in [6.07, 6.45) is 0. The molecular formula is C22H24N4O4S. The van der Waals surface area contributed by atoms with Gasteiger partial charge in [0.15, 0.2) is 22.5 Å². The number of thioether (sulfide) groups is 1. The van der Waals surface area contributed by atoms with Crippen LogP contribution in [0.15, 0.2) is 41.6 Å². The Morgan fingerprint density at radius 2 is 1.94 bits per heavy atom. The van der Waals surface area contributed by atoms with Gasteiger partial charge in [0.05, 0.1) is 5.25 Å². The molecule has 0 radical (unpaired) electrons. The summed E-state index contributed by atoms with van der Waals surface area (Å²) in [5.41, 5.74) is 2.80. The third-order valence-electron chi connectivity index (χ3n) is 4.97. The van der Waals surface area contributed by atoms with Gasteiger partial charge in [-0.25, -0.2) is 0 Å². The standard InChI is InChI=1S/C22H24N4O4S/c1-13-6-5-7-14(2)20(13)28-11-19-24-25-22(26(19)4)31-15(3)21(27)23-16-8-9-17-18(10-16)30-12-29-17/h5-10,15H,11-12H2,1-4H3,(H,23,27)/t15-/m1/s1. The highest BCUT2D eigenvalue weighted by Gasteiger charge is 2.21. The Balaban J connectivity index is 1.37. The number of nitrogens with one attached hydrogen (secondary N) is 1. The van der Waals surface area contributed by atoms with E-state index in [2.05, 4.69) is 15.5 Å². The summed E-state index contributed by atoms with van der Waals surface area (Å²) in [6.45, 7) is 6.35. The van der Waals surface area contributed by atoms with Gasteiger partial charge in [0.1, 0.15) is 12.4 Å². The molecular weight excluding hydrogens is 416 g/mol. The van der Waals surface area contributed by atoms with Gasteiger partial charge in [0.2, 0.25) is 12.7 Å². The number of hydrogen-bond donors (Lipinski definition) is 1. The van der Waals surface area contributed by atoms with E-state index in [1.54, 1.807) is 18.2 Å². The summed E-state index contributed by atoms with van der Waals surface area (Å²) in [4.78, 5) is 12.6. The van der Waals surface area contributed by atoms with Crippen LogP contribution in [0.5, 0.6) is 17.2 Å². The maximum absolute atomic E-state index is 12.6. The molecule has 1 amide bonds. The minimum absolute atomic E-state index is 0.139. The molecule has 0 bridgehead atoms. The molecule has 2 aromatic carbocycles. The quantitative estimate of drug-likeness (QED) is 0.558. The highest BCUT2D eigenvalue weighted by Crippen LogP contribution is 2.34. The van der Waals surface area contributed by atoms with Crippen LogP contribution in [-0.2, 0) is 18.4 Å². The van der Waals surface area contributed by atoms with Gasteiger partial charge in [0.25, 0.3) is 0 Å². The Kier molecular flexibility index (Phi) is 6.03. The minimum atomic E-state index is -0.374. The maximum atomic E-state index is 12.6. The molecule has 0 saturated carbocycles. The Morgan fingerprint density at radius 1 is 1.19 bits per heavy atom. The van der Waals surface area contributed by atoms with Crippen molar-refractivity contribution in [1.29, 1.82) is 0 Å². The molecule has 1 aliphatic rings. The normalized spacial score (nSPS) is 13.2. The van der Waals surface area contributed by atoms with Crippen molar-refractivity contribution >= 4 is 23.4 Å². The number of hydrogen-bond acceptors (Lipinski definition) is 7. The summed E-state index contributed by atoms with van der Waals surface area (Å²) in [5, 5.41) is 11.6. The summed E-state index contributed by atoms with van der Waals surface area (Å²) >= 11 is 1.34. The topological polar surface area (TPSA) is 87.5 Å². The van der Waals surface area contributed by atoms with Gasteiger partial charge >= 0.3 is 0 Å². The molecule has 0 unspecified atom stereocenters. The van der Waals surface area contributed by atoms with E-state index in [9.17, 15) is 4.79 Å². The fourth-order valence-corrected chi connectivity index (χ4v) is 4.00. The molecule has 31 heavy (non-hydrogen) atoms. The number of aryl methyl sites for hydroxylation is 2. The monoisotopic (exact) mass is 440 g/mol. The Bertz CT molecular complexity index is 1090. The fraction of sp³-hybridized carbons (Fsp3) is 0.318. The van der Waals surface area contributed by atoms with E-state index >= 15 is 0 Å². The molecule has 9 heteroatoms. The molecule has 4 rings (SSSR count). The number of ether oxygens (including phenoxy) is 3. The molecule has 0 spiro atoms. The van der Waals surface area contributed by atoms with Crippen LogP contribution in [0, 0.1) is 13.8 Å². The number of anilines is 1. The predicted molar refractivity (Wildman–Crippen MR) is 118 cm³/mol. The van der Waals surface area contributed by atoms with Crippen LogP contribution >= 0.6 is 11.8 Å². The predicted octanol–water partition coefficient (Wildman–Crippen LogP) is 3.86. The van der Waals surface area contributed by atoms with Crippen molar-refractivity contribution < 1.29 is 19.0 Å². The zero-order chi connectivity index (χ0) is 22.0. The molecule has 1 atom stereocenters. The van der Waals surface area contributed by atoms with Gasteiger partial charge in [-0.3, -0.25) is 4.79 Å². The smallest absolute Gasteiger partial charge is 0.237 e. The van der Waals surface area contributed by atoms with Crippen LogP contribution in [0.1, 0.15) is 23.9 Å². The highest BCUT2D eigenvalue weighted by atomic mass is 32.2. The first kappa shape index (κ1) is 21.0. The molecule has 1 N–H and O–H groups in total. The molecule has 0 saturated heterocycles. The second-order valence-electron chi connectivity index (χ2n) is 7.28. The van der Waals surface area contributed by atoms with Crippen LogP contribution in [0.2, 0.25) is 0 Å². The molecule has 162 valence electrons. The third kappa shape index (κ3) is 4.61. The number of amides is 1. The maximum Gasteiger partial charge on any atom is 0.237 e. The lowest BCUT2D eigenvalue weighted by Crippen LogP contribution is -2.22. The second-order valence-corrected chi connectivity index (χ2v) is 8.59. The molecule has 1 aromatic heterocycles. The van der Waals surface area contributed by atoms with E-state index in [1.165, 1.54) is 11.8 Å². The first-order chi connectivity index (χ1) is 14.9. The first-order valence-corrected chi connectivity index (χ1v) is 10.7. The highest BCUT2D eigenvalue weighted by molar-refractivity contribution is 8.00. The number of nitrogens with zero attached hydrogens (tertiary/aromatic N) is 3. The van der Waals surface area contributed by atoms with Crippen LogP contribution in [-0.4, -0.2) is 32.7 Å². The summed E-state index contributed by atoms with van der Waals surface area (Å²) < 4.78 is 18.5. The van der Waals surface area contributed by atoms with Crippen molar-refractivity contribution in [3.05, 3.63) is 53.3 Å². The summed E-state index contributed by atoms with van der Waals surface area (Å²) in [7, 11) is 1.87. The van der Waals surface area contributed by atoms with Crippen LogP contribution in [0.25, 0.3) is 0 Å². The van der Waals surface area contributed by atoms with Gasteiger partial charge in [-0.15, -0.1) is 10.2 Å². The van der Waals surface area contributed by atoms with Gasteiger partial charge in [-0.05, 0) is 44.0 Å². The number of benzene rings is 2. The number of fused-ring (bicyclic) bond motifs is 1. The van der Waals surface area contributed by atoms with Gasteiger partial charge < -0.3 is 24.1 Å². The Labute approximate surface area is 184 Å². The Morgan fingerprint density at radius 3 is 2.71 bits per heavy atom. The number of aromatic nitrogens is 3. The lowest BCUT2D eigenvalue weighted by molar-refractivity contribution is -0.115. The van der Waals surface area contributed by atoms with Crippen molar-refractivity contribution in [1.82, 2.24) is 14.8 Å². The van der Waals surface area contributed by atoms with Crippen molar-refractivity contribution in [2.75, 3.05) is 12.1 Å². The van der Waals surface area contributed by atoms with E-state index in [-0.39, 0.29) is 18.0 Å². The SMILES string of the molecule is Cc1cccc(C)c1OCc1nnc(S[C@H](C)C(=O)Nc2ccc3c(c2)OCO3)n1C. The van der Waals surface area contributed by atoms with E-state index in [4.69, 9.17) is 14.2 Å². The van der Waals surface area contributed by atoms with Gasteiger partial charge in [-0.1, -0.05) is 30.0 Å². The summed E-state index contributed by atoms with van der Waals surface area (Å²) in [5.74, 6) is 2.71. The molecule has 8 nitrogen and oxygen atoms in total. The van der Waals surface area contributed by atoms with Crippen molar-refractivity contribution in [3.63, 3.8) is 0 Å². The van der Waals surface area contributed by atoms with Crippen LogP contribution in [0.4, 0.5) is 5.69 Å². The summed E-state index contributed by atoms with van der Waals surface area (Å²) in [6, 6.07) is 11.4. The van der Waals surface area contributed by atoms with E-state index in [0.717, 1.165) is 16.9 Å². The Hall–Kier alpha value is -3.20. The van der Waals surface area contributed by atoms with E-state index in [1.807, 2.05) is 50.6 Å². The second kappa shape index (κ2) is 8.89. The zero-order valence-corrected chi connectivity index (χ0v) is 18.7. The molecule has 3 aromatic rings. The number of para-hydroxylation sites is 1. The van der Waals surface area contributed by atoms with Gasteiger partial charge in [-0.2, -0.15) is 0 Å². The molecule has 1 aliphatic heterocycles. The average molecular weight is 441 g/mol. The molecule has 2 heterocycles. The van der Waals surface area contributed by atoms with Gasteiger partial charge in [0, 0.05) is 18.8 Å².